The number of nitrogens with two attached hydrogens (primary N) is 1. The van der Waals surface area contributed by atoms with Crippen LogP contribution in [0, 0.1) is 0 Å². The van der Waals surface area contributed by atoms with Gasteiger partial charge in [-0.3, -0.25) is 9.89 Å². The summed E-state index contributed by atoms with van der Waals surface area (Å²) in [4.78, 5) is 11.6. The number of amides is 1. The van der Waals surface area contributed by atoms with Crippen LogP contribution in [0.2, 0.25) is 0 Å². The molecule has 1 aliphatic carbocycles. The summed E-state index contributed by atoms with van der Waals surface area (Å²) in [5.74, 6) is 0.432. The molecule has 1 fully saturated rings. The van der Waals surface area contributed by atoms with Crippen LogP contribution >= 0.6 is 0 Å². The molecule has 1 amide bonds. The summed E-state index contributed by atoms with van der Waals surface area (Å²) in [5, 5.41) is 9.66. The van der Waals surface area contributed by atoms with Crippen molar-refractivity contribution >= 4 is 5.91 Å². The first-order valence-corrected chi connectivity index (χ1v) is 5.27. The van der Waals surface area contributed by atoms with Crippen molar-refractivity contribution in [1.82, 2.24) is 15.5 Å². The van der Waals surface area contributed by atoms with E-state index in [-0.39, 0.29) is 11.9 Å². The van der Waals surface area contributed by atoms with Gasteiger partial charge in [-0.2, -0.15) is 5.10 Å². The van der Waals surface area contributed by atoms with Crippen LogP contribution in [0.3, 0.4) is 0 Å². The van der Waals surface area contributed by atoms with Crippen LogP contribution in [-0.4, -0.2) is 28.7 Å². The predicted octanol–water partition coefficient (Wildman–Crippen LogP) is 0.364. The molecule has 82 valence electrons. The summed E-state index contributed by atoms with van der Waals surface area (Å²) in [7, 11) is 0. The quantitative estimate of drug-likeness (QED) is 0.668. The average molecular weight is 208 g/mol. The normalized spacial score (nSPS) is 17.5. The fourth-order valence-corrected chi connectivity index (χ4v) is 1.41. The Morgan fingerprint density at radius 1 is 1.80 bits per heavy atom. The van der Waals surface area contributed by atoms with E-state index in [0.717, 1.165) is 5.69 Å². The Bertz CT molecular complexity index is 356. The number of aromatic nitrogens is 2. The number of carbonyl (C=O) groups excluding carboxylic acids is 1. The number of hydrogen-bond acceptors (Lipinski definition) is 3. The second kappa shape index (κ2) is 4.02. The lowest BCUT2D eigenvalue weighted by molar-refractivity contribution is 0.0936. The molecule has 1 atom stereocenters. The van der Waals surface area contributed by atoms with Crippen LogP contribution < -0.4 is 11.1 Å². The highest BCUT2D eigenvalue weighted by atomic mass is 16.2. The maximum absolute atomic E-state index is 11.6. The summed E-state index contributed by atoms with van der Waals surface area (Å²) >= 11 is 0. The summed E-state index contributed by atoms with van der Waals surface area (Å²) in [6.45, 7) is 2.30. The van der Waals surface area contributed by atoms with Gasteiger partial charge in [0.1, 0.15) is 5.69 Å². The first kappa shape index (κ1) is 10.2. The van der Waals surface area contributed by atoms with Crippen molar-refractivity contribution in [3.05, 3.63) is 17.5 Å². The Balaban J connectivity index is 1.98. The summed E-state index contributed by atoms with van der Waals surface area (Å²) in [6, 6.07) is 1.81. The third-order valence-corrected chi connectivity index (χ3v) is 2.58. The van der Waals surface area contributed by atoms with E-state index in [0.29, 0.717) is 18.2 Å². The zero-order valence-corrected chi connectivity index (χ0v) is 8.79. The minimum Gasteiger partial charge on any atom is -0.347 e. The number of rotatable bonds is 4. The highest BCUT2D eigenvalue weighted by molar-refractivity contribution is 5.92. The summed E-state index contributed by atoms with van der Waals surface area (Å²) in [6.07, 6.45) is 2.39. The van der Waals surface area contributed by atoms with Gasteiger partial charge in [-0.15, -0.1) is 0 Å². The second-order valence-electron chi connectivity index (χ2n) is 4.09. The van der Waals surface area contributed by atoms with E-state index in [1.165, 1.54) is 12.8 Å². The standard InChI is InChI=1S/C10H16N4O/c1-6(5-11)12-10(15)9-4-8(13-14-9)7-2-3-7/h4,6-7H,2-3,5,11H2,1H3,(H,12,15)(H,13,14)/t6-/m0/s1. The van der Waals surface area contributed by atoms with Gasteiger partial charge in [0.2, 0.25) is 0 Å². The van der Waals surface area contributed by atoms with Gasteiger partial charge in [-0.1, -0.05) is 0 Å². The van der Waals surface area contributed by atoms with Gasteiger partial charge >= 0.3 is 0 Å². The molecule has 0 aromatic carbocycles. The molecule has 4 N–H and O–H groups in total. The number of H-pyrrole nitrogens is 1. The molecule has 0 aliphatic heterocycles. The molecule has 0 radical (unpaired) electrons. The van der Waals surface area contributed by atoms with Gasteiger partial charge in [-0.05, 0) is 25.8 Å². The van der Waals surface area contributed by atoms with Crippen LogP contribution in [-0.2, 0) is 0 Å². The molecule has 5 nitrogen and oxygen atoms in total. The molecular weight excluding hydrogens is 192 g/mol. The SMILES string of the molecule is C[C@@H](CN)NC(=O)c1cc(C2CC2)[nH]n1. The van der Waals surface area contributed by atoms with E-state index in [2.05, 4.69) is 15.5 Å². The van der Waals surface area contributed by atoms with Gasteiger partial charge in [0.05, 0.1) is 0 Å². The van der Waals surface area contributed by atoms with E-state index in [4.69, 9.17) is 5.73 Å². The summed E-state index contributed by atoms with van der Waals surface area (Å²) in [5.41, 5.74) is 6.94. The lowest BCUT2D eigenvalue weighted by Gasteiger charge is -2.08. The minimum absolute atomic E-state index is 0.0152. The highest BCUT2D eigenvalue weighted by Crippen LogP contribution is 2.38. The lowest BCUT2D eigenvalue weighted by Crippen LogP contribution is -2.37. The molecule has 1 aliphatic rings. The Labute approximate surface area is 88.4 Å². The number of nitrogens with one attached hydrogen (secondary N) is 2. The first-order valence-electron chi connectivity index (χ1n) is 5.27. The van der Waals surface area contributed by atoms with Crippen LogP contribution in [0.15, 0.2) is 6.07 Å². The third-order valence-electron chi connectivity index (χ3n) is 2.58. The Morgan fingerprint density at radius 3 is 3.13 bits per heavy atom. The van der Waals surface area contributed by atoms with E-state index in [1.54, 1.807) is 0 Å². The molecule has 1 heterocycles. The molecule has 0 bridgehead atoms. The van der Waals surface area contributed by atoms with Gasteiger partial charge in [-0.25, -0.2) is 0 Å². The largest absolute Gasteiger partial charge is 0.347 e. The van der Waals surface area contributed by atoms with Crippen molar-refractivity contribution in [2.45, 2.75) is 31.7 Å². The fraction of sp³-hybridized carbons (Fsp3) is 0.600. The average Bonchev–Trinajstić information content (AvgIpc) is 2.96. The monoisotopic (exact) mass is 208 g/mol. The highest BCUT2D eigenvalue weighted by Gasteiger charge is 2.26. The van der Waals surface area contributed by atoms with E-state index >= 15 is 0 Å². The maximum atomic E-state index is 11.6. The first-order chi connectivity index (χ1) is 7.20. The molecular formula is C10H16N4O. The molecule has 15 heavy (non-hydrogen) atoms. The van der Waals surface area contributed by atoms with E-state index in [1.807, 2.05) is 13.0 Å². The van der Waals surface area contributed by atoms with E-state index in [9.17, 15) is 4.79 Å². The number of aromatic amines is 1. The topological polar surface area (TPSA) is 83.8 Å². The minimum atomic E-state index is -0.156. The van der Waals surface area contributed by atoms with Gasteiger partial charge < -0.3 is 11.1 Å². The molecule has 5 heteroatoms. The Morgan fingerprint density at radius 2 is 2.53 bits per heavy atom. The van der Waals surface area contributed by atoms with Crippen LogP contribution in [0.5, 0.6) is 0 Å². The number of nitrogens with zero attached hydrogens (tertiary/aromatic N) is 1. The van der Waals surface area contributed by atoms with Gasteiger partial charge in [0.25, 0.3) is 5.91 Å². The predicted molar refractivity (Wildman–Crippen MR) is 56.5 cm³/mol. The second-order valence-corrected chi connectivity index (χ2v) is 4.09. The molecule has 2 rings (SSSR count). The molecule has 0 spiro atoms. The Kier molecular flexibility index (Phi) is 2.73. The van der Waals surface area contributed by atoms with Crippen molar-refractivity contribution in [2.24, 2.45) is 5.73 Å². The van der Waals surface area contributed by atoms with Crippen molar-refractivity contribution in [2.75, 3.05) is 6.54 Å². The van der Waals surface area contributed by atoms with Crippen LogP contribution in [0.25, 0.3) is 0 Å². The third kappa shape index (κ3) is 2.36. The zero-order valence-electron chi connectivity index (χ0n) is 8.79. The van der Waals surface area contributed by atoms with Crippen molar-refractivity contribution in [1.29, 1.82) is 0 Å². The van der Waals surface area contributed by atoms with Gasteiger partial charge in [0, 0.05) is 24.2 Å². The van der Waals surface area contributed by atoms with Gasteiger partial charge in [0.15, 0.2) is 0 Å². The molecule has 1 saturated carbocycles. The Hall–Kier alpha value is -1.36. The van der Waals surface area contributed by atoms with Crippen LogP contribution in [0.4, 0.5) is 0 Å². The van der Waals surface area contributed by atoms with E-state index < -0.39 is 0 Å². The fourth-order valence-electron chi connectivity index (χ4n) is 1.41. The molecule has 1 aromatic heterocycles. The summed E-state index contributed by atoms with van der Waals surface area (Å²) < 4.78 is 0. The van der Waals surface area contributed by atoms with Crippen molar-refractivity contribution < 1.29 is 4.79 Å². The van der Waals surface area contributed by atoms with Crippen molar-refractivity contribution in [3.8, 4) is 0 Å². The van der Waals surface area contributed by atoms with Crippen LogP contribution in [0.1, 0.15) is 41.9 Å². The molecule has 1 aromatic rings. The maximum Gasteiger partial charge on any atom is 0.272 e. The molecule has 0 unspecified atom stereocenters. The smallest absolute Gasteiger partial charge is 0.272 e. The zero-order chi connectivity index (χ0) is 10.8. The lowest BCUT2D eigenvalue weighted by atomic mass is 10.2. The van der Waals surface area contributed by atoms with Crippen molar-refractivity contribution in [3.63, 3.8) is 0 Å². The number of hydrogen-bond donors (Lipinski definition) is 3. The number of carbonyl (C=O) groups is 1. The molecule has 0 saturated heterocycles.